The van der Waals surface area contributed by atoms with E-state index in [1.807, 2.05) is 32.0 Å². The second-order valence-electron chi connectivity index (χ2n) is 3.17. The summed E-state index contributed by atoms with van der Waals surface area (Å²) in [6, 6.07) is 8.12. The maximum absolute atomic E-state index is 5.17. The van der Waals surface area contributed by atoms with Crippen LogP contribution in [0.15, 0.2) is 34.9 Å². The standard InChI is InChI=1S/C9H8O.C3H8.C2H6/c1-7-2-3-9-8(6-7)4-5-10-9;1-3-2;1-2/h2-6H,1H3;3H2,1-2H3;1-2H3. The lowest BCUT2D eigenvalue weighted by molar-refractivity contribution is 0.616. The van der Waals surface area contributed by atoms with E-state index in [1.165, 1.54) is 17.4 Å². The van der Waals surface area contributed by atoms with Gasteiger partial charge in [-0.3, -0.25) is 0 Å². The van der Waals surface area contributed by atoms with E-state index in [9.17, 15) is 0 Å². The second kappa shape index (κ2) is 8.10. The summed E-state index contributed by atoms with van der Waals surface area (Å²) in [7, 11) is 0. The molecule has 0 N–H and O–H groups in total. The first-order valence-electron chi connectivity index (χ1n) is 5.71. The summed E-state index contributed by atoms with van der Waals surface area (Å²) in [5, 5.41) is 1.18. The maximum atomic E-state index is 5.17. The molecule has 1 aromatic carbocycles. The Morgan fingerprint density at radius 1 is 1.07 bits per heavy atom. The molecule has 15 heavy (non-hydrogen) atoms. The molecule has 0 saturated heterocycles. The Kier molecular flexibility index (Phi) is 7.43. The van der Waals surface area contributed by atoms with Gasteiger partial charge in [0, 0.05) is 5.39 Å². The summed E-state index contributed by atoms with van der Waals surface area (Å²) in [5.74, 6) is 0. The summed E-state index contributed by atoms with van der Waals surface area (Å²) in [6.45, 7) is 10.3. The van der Waals surface area contributed by atoms with Crippen molar-refractivity contribution < 1.29 is 4.42 Å². The summed E-state index contributed by atoms with van der Waals surface area (Å²) >= 11 is 0. The molecule has 1 heteroatoms. The quantitative estimate of drug-likeness (QED) is 0.578. The van der Waals surface area contributed by atoms with Crippen LogP contribution >= 0.6 is 0 Å². The van der Waals surface area contributed by atoms with Crippen molar-refractivity contribution in [3.8, 4) is 0 Å². The molecule has 0 fully saturated rings. The van der Waals surface area contributed by atoms with Crippen LogP contribution in [0.3, 0.4) is 0 Å². The molecular formula is C14H22O. The number of hydrogen-bond donors (Lipinski definition) is 0. The number of rotatable bonds is 0. The van der Waals surface area contributed by atoms with Crippen molar-refractivity contribution in [1.29, 1.82) is 0 Å². The third-order valence-electron chi connectivity index (χ3n) is 1.61. The van der Waals surface area contributed by atoms with E-state index in [2.05, 4.69) is 26.8 Å². The van der Waals surface area contributed by atoms with E-state index in [0.29, 0.717) is 0 Å². The van der Waals surface area contributed by atoms with Gasteiger partial charge < -0.3 is 4.42 Å². The van der Waals surface area contributed by atoms with Gasteiger partial charge in [0.2, 0.25) is 0 Å². The highest BCUT2D eigenvalue weighted by Gasteiger charge is 1.93. The van der Waals surface area contributed by atoms with E-state index in [4.69, 9.17) is 4.42 Å². The van der Waals surface area contributed by atoms with Crippen molar-refractivity contribution in [3.05, 3.63) is 36.1 Å². The highest BCUT2D eigenvalue weighted by atomic mass is 16.3. The van der Waals surface area contributed by atoms with Crippen molar-refractivity contribution in [2.75, 3.05) is 0 Å². The predicted octanol–water partition coefficient (Wildman–Crippen LogP) is 5.18. The van der Waals surface area contributed by atoms with Crippen LogP contribution in [-0.4, -0.2) is 0 Å². The zero-order valence-corrected chi connectivity index (χ0v) is 10.5. The molecule has 0 aliphatic rings. The van der Waals surface area contributed by atoms with Crippen molar-refractivity contribution in [1.82, 2.24) is 0 Å². The number of benzene rings is 1. The van der Waals surface area contributed by atoms with Gasteiger partial charge >= 0.3 is 0 Å². The molecule has 1 heterocycles. The molecule has 0 amide bonds. The molecule has 1 aromatic heterocycles. The molecule has 0 aliphatic carbocycles. The van der Waals surface area contributed by atoms with E-state index in [1.54, 1.807) is 6.26 Å². The fourth-order valence-corrected chi connectivity index (χ4v) is 1.09. The smallest absolute Gasteiger partial charge is 0.133 e. The normalized spacial score (nSPS) is 8.60. The minimum Gasteiger partial charge on any atom is -0.464 e. The first-order chi connectivity index (χ1) is 7.27. The topological polar surface area (TPSA) is 13.1 Å². The highest BCUT2D eigenvalue weighted by molar-refractivity contribution is 5.77. The third kappa shape index (κ3) is 4.68. The van der Waals surface area contributed by atoms with Gasteiger partial charge in [0.1, 0.15) is 5.58 Å². The molecule has 2 aromatic rings. The molecule has 2 rings (SSSR count). The molecule has 0 aliphatic heterocycles. The van der Waals surface area contributed by atoms with Crippen LogP contribution in [0, 0.1) is 6.92 Å². The molecule has 0 unspecified atom stereocenters. The third-order valence-corrected chi connectivity index (χ3v) is 1.61. The monoisotopic (exact) mass is 206 g/mol. The van der Waals surface area contributed by atoms with Crippen LogP contribution in [0.25, 0.3) is 11.0 Å². The zero-order valence-electron chi connectivity index (χ0n) is 10.5. The second-order valence-corrected chi connectivity index (χ2v) is 3.17. The van der Waals surface area contributed by atoms with Gasteiger partial charge in [0.25, 0.3) is 0 Å². The van der Waals surface area contributed by atoms with Crippen LogP contribution in [-0.2, 0) is 0 Å². The first kappa shape index (κ1) is 13.8. The summed E-state index contributed by atoms with van der Waals surface area (Å²) in [4.78, 5) is 0. The average Bonchev–Trinajstić information content (AvgIpc) is 2.69. The molecular weight excluding hydrogens is 184 g/mol. The Morgan fingerprint density at radius 3 is 2.27 bits per heavy atom. The van der Waals surface area contributed by atoms with E-state index in [0.717, 1.165) is 5.58 Å². The van der Waals surface area contributed by atoms with Crippen molar-refractivity contribution in [2.45, 2.75) is 41.0 Å². The number of aryl methyl sites for hydroxylation is 1. The van der Waals surface area contributed by atoms with Crippen molar-refractivity contribution in [2.24, 2.45) is 0 Å². The van der Waals surface area contributed by atoms with Gasteiger partial charge in [-0.2, -0.15) is 0 Å². The Morgan fingerprint density at radius 2 is 1.67 bits per heavy atom. The van der Waals surface area contributed by atoms with E-state index < -0.39 is 0 Å². The molecule has 84 valence electrons. The zero-order chi connectivity index (χ0) is 11.7. The molecule has 1 nitrogen and oxygen atoms in total. The number of fused-ring (bicyclic) bond motifs is 1. The minimum atomic E-state index is 0.964. The maximum Gasteiger partial charge on any atom is 0.133 e. The van der Waals surface area contributed by atoms with Gasteiger partial charge in [0.15, 0.2) is 0 Å². The lowest BCUT2D eigenvalue weighted by Gasteiger charge is -1.89. The van der Waals surface area contributed by atoms with Crippen LogP contribution < -0.4 is 0 Å². The summed E-state index contributed by atoms with van der Waals surface area (Å²) in [5.41, 5.74) is 2.24. The van der Waals surface area contributed by atoms with Gasteiger partial charge in [-0.15, -0.1) is 0 Å². The Balaban J connectivity index is 0.000000342. The van der Waals surface area contributed by atoms with Crippen LogP contribution in [0.5, 0.6) is 0 Å². The fourth-order valence-electron chi connectivity index (χ4n) is 1.09. The molecule has 0 radical (unpaired) electrons. The first-order valence-corrected chi connectivity index (χ1v) is 5.71. The molecule has 0 saturated carbocycles. The number of furan rings is 1. The Hall–Kier alpha value is -1.24. The van der Waals surface area contributed by atoms with Gasteiger partial charge in [0.05, 0.1) is 6.26 Å². The van der Waals surface area contributed by atoms with Crippen LogP contribution in [0.1, 0.15) is 39.7 Å². The molecule has 0 atom stereocenters. The van der Waals surface area contributed by atoms with Crippen molar-refractivity contribution in [3.63, 3.8) is 0 Å². The lowest BCUT2D eigenvalue weighted by Crippen LogP contribution is -1.67. The lowest BCUT2D eigenvalue weighted by atomic mass is 10.2. The van der Waals surface area contributed by atoms with Gasteiger partial charge in [-0.05, 0) is 25.1 Å². The van der Waals surface area contributed by atoms with E-state index in [-0.39, 0.29) is 0 Å². The predicted molar refractivity (Wildman–Crippen MR) is 68.3 cm³/mol. The summed E-state index contributed by atoms with van der Waals surface area (Å²) < 4.78 is 5.17. The minimum absolute atomic E-state index is 0.964. The average molecular weight is 206 g/mol. The van der Waals surface area contributed by atoms with Gasteiger partial charge in [-0.1, -0.05) is 45.7 Å². The fraction of sp³-hybridized carbons (Fsp3) is 0.429. The molecule has 0 spiro atoms. The van der Waals surface area contributed by atoms with Crippen LogP contribution in [0.2, 0.25) is 0 Å². The number of hydrogen-bond acceptors (Lipinski definition) is 1. The Bertz CT molecular complexity index is 360. The largest absolute Gasteiger partial charge is 0.464 e. The van der Waals surface area contributed by atoms with Gasteiger partial charge in [-0.25, -0.2) is 0 Å². The summed E-state index contributed by atoms with van der Waals surface area (Å²) in [6.07, 6.45) is 2.96. The highest BCUT2D eigenvalue weighted by Crippen LogP contribution is 2.15. The SMILES string of the molecule is CC.CCC.Cc1ccc2occc2c1. The van der Waals surface area contributed by atoms with E-state index >= 15 is 0 Å². The molecule has 0 bridgehead atoms. The Labute approximate surface area is 93.1 Å². The van der Waals surface area contributed by atoms with Crippen molar-refractivity contribution >= 4 is 11.0 Å². The van der Waals surface area contributed by atoms with Crippen LogP contribution in [0.4, 0.5) is 0 Å².